The second kappa shape index (κ2) is 5.93. The Kier molecular flexibility index (Phi) is 3.89. The second-order valence-electron chi connectivity index (χ2n) is 6.65. The summed E-state index contributed by atoms with van der Waals surface area (Å²) >= 11 is 1.46. The predicted octanol–water partition coefficient (Wildman–Crippen LogP) is 4.01. The number of halogens is 1. The van der Waals surface area contributed by atoms with Gasteiger partial charge in [-0.25, -0.2) is 9.37 Å². The summed E-state index contributed by atoms with van der Waals surface area (Å²) < 4.78 is 18.5. The topological polar surface area (TPSA) is 51.2 Å². The Labute approximate surface area is 144 Å². The molecule has 2 fully saturated rings. The number of nitrogens with one attached hydrogen (secondary N) is 1. The Bertz CT molecular complexity index is 766. The molecule has 0 bridgehead atoms. The molecule has 1 amide bonds. The van der Waals surface area contributed by atoms with Gasteiger partial charge in [0.1, 0.15) is 5.82 Å². The molecule has 1 N–H and O–H groups in total. The molecule has 1 atom stereocenters. The van der Waals surface area contributed by atoms with E-state index in [2.05, 4.69) is 10.3 Å². The zero-order chi connectivity index (χ0) is 16.7. The Morgan fingerprint density at radius 2 is 2.04 bits per heavy atom. The fourth-order valence-corrected chi connectivity index (χ4v) is 4.41. The number of anilines is 1. The normalized spacial score (nSPS) is 21.7. The Morgan fingerprint density at radius 1 is 1.33 bits per heavy atom. The minimum absolute atomic E-state index is 0.0660. The summed E-state index contributed by atoms with van der Waals surface area (Å²) in [5.74, 6) is -0.119. The molecule has 1 aromatic heterocycles. The number of aromatic nitrogens is 1. The lowest BCUT2D eigenvalue weighted by atomic mass is 9.94. The van der Waals surface area contributed by atoms with Crippen LogP contribution in [0.5, 0.6) is 0 Å². The van der Waals surface area contributed by atoms with Gasteiger partial charge >= 0.3 is 0 Å². The van der Waals surface area contributed by atoms with Crippen LogP contribution in [0.15, 0.2) is 24.3 Å². The highest BCUT2D eigenvalue weighted by Crippen LogP contribution is 2.59. The van der Waals surface area contributed by atoms with Crippen LogP contribution in [0, 0.1) is 24.1 Å². The SMILES string of the molecule is Cc1sc(NC(=O)C2CC23CCOCC3)nc1-c1ccc(F)cc1. The van der Waals surface area contributed by atoms with Gasteiger partial charge in [-0.1, -0.05) is 0 Å². The van der Waals surface area contributed by atoms with Crippen molar-refractivity contribution in [1.29, 1.82) is 0 Å². The summed E-state index contributed by atoms with van der Waals surface area (Å²) in [4.78, 5) is 18.1. The van der Waals surface area contributed by atoms with Gasteiger partial charge in [0.15, 0.2) is 5.13 Å². The van der Waals surface area contributed by atoms with E-state index >= 15 is 0 Å². The van der Waals surface area contributed by atoms with Gasteiger partial charge in [-0.05, 0) is 55.9 Å². The van der Waals surface area contributed by atoms with Gasteiger partial charge in [-0.15, -0.1) is 11.3 Å². The average Bonchev–Trinajstić information content (AvgIpc) is 3.14. The van der Waals surface area contributed by atoms with Crippen LogP contribution in [0.4, 0.5) is 9.52 Å². The van der Waals surface area contributed by atoms with Crippen molar-refractivity contribution >= 4 is 22.4 Å². The minimum Gasteiger partial charge on any atom is -0.381 e. The van der Waals surface area contributed by atoms with Crippen LogP contribution < -0.4 is 5.32 Å². The molecule has 24 heavy (non-hydrogen) atoms. The zero-order valence-corrected chi connectivity index (χ0v) is 14.3. The summed E-state index contributed by atoms with van der Waals surface area (Å²) in [6, 6.07) is 6.26. The minimum atomic E-state index is -0.268. The van der Waals surface area contributed by atoms with Crippen molar-refractivity contribution in [2.75, 3.05) is 18.5 Å². The van der Waals surface area contributed by atoms with Gasteiger partial charge in [0.25, 0.3) is 0 Å². The average molecular weight is 346 g/mol. The first-order chi connectivity index (χ1) is 11.6. The highest BCUT2D eigenvalue weighted by molar-refractivity contribution is 7.16. The first-order valence-corrected chi connectivity index (χ1v) is 9.01. The molecule has 1 saturated carbocycles. The molecule has 1 spiro atoms. The third kappa shape index (κ3) is 2.84. The third-order valence-electron chi connectivity index (χ3n) is 5.14. The Morgan fingerprint density at radius 3 is 2.75 bits per heavy atom. The smallest absolute Gasteiger partial charge is 0.229 e. The molecular weight excluding hydrogens is 327 g/mol. The molecule has 1 aromatic carbocycles. The Balaban J connectivity index is 1.47. The van der Waals surface area contributed by atoms with E-state index in [1.54, 1.807) is 12.1 Å². The molecule has 2 aromatic rings. The van der Waals surface area contributed by atoms with Crippen LogP contribution in [-0.4, -0.2) is 24.1 Å². The summed E-state index contributed by atoms with van der Waals surface area (Å²) in [6.07, 6.45) is 2.91. The molecular formula is C18H19FN2O2S. The van der Waals surface area contributed by atoms with Gasteiger partial charge in [0.2, 0.25) is 5.91 Å². The fraction of sp³-hybridized carbons (Fsp3) is 0.444. The van der Waals surface area contributed by atoms with Gasteiger partial charge in [-0.2, -0.15) is 0 Å². The monoisotopic (exact) mass is 346 g/mol. The number of carbonyl (C=O) groups excluding carboxylic acids is 1. The molecule has 1 aliphatic carbocycles. The molecule has 2 aliphatic rings. The van der Waals surface area contributed by atoms with Gasteiger partial charge in [0.05, 0.1) is 5.69 Å². The lowest BCUT2D eigenvalue weighted by Gasteiger charge is -2.22. The van der Waals surface area contributed by atoms with Crippen molar-refractivity contribution in [3.8, 4) is 11.3 Å². The third-order valence-corrected chi connectivity index (χ3v) is 6.03. The van der Waals surface area contributed by atoms with Crippen LogP contribution in [0.2, 0.25) is 0 Å². The van der Waals surface area contributed by atoms with E-state index in [1.165, 1.54) is 23.5 Å². The van der Waals surface area contributed by atoms with E-state index in [9.17, 15) is 9.18 Å². The number of aryl methyl sites for hydroxylation is 1. The van der Waals surface area contributed by atoms with Crippen LogP contribution in [0.1, 0.15) is 24.1 Å². The maximum atomic E-state index is 13.1. The predicted molar refractivity (Wildman–Crippen MR) is 91.5 cm³/mol. The van der Waals surface area contributed by atoms with Crippen molar-refractivity contribution in [3.05, 3.63) is 35.0 Å². The van der Waals surface area contributed by atoms with Crippen LogP contribution in [0.25, 0.3) is 11.3 Å². The highest BCUT2D eigenvalue weighted by atomic mass is 32.1. The first kappa shape index (κ1) is 15.7. The fourth-order valence-electron chi connectivity index (χ4n) is 3.57. The number of rotatable bonds is 3. The lowest BCUT2D eigenvalue weighted by Crippen LogP contribution is -2.24. The molecule has 4 rings (SSSR count). The maximum absolute atomic E-state index is 13.1. The summed E-state index contributed by atoms with van der Waals surface area (Å²) in [7, 11) is 0. The van der Waals surface area contributed by atoms with Crippen molar-refractivity contribution < 1.29 is 13.9 Å². The standard InChI is InChI=1S/C18H19FN2O2S/c1-11-15(12-2-4-13(19)5-3-12)20-17(24-11)21-16(22)14-10-18(14)6-8-23-9-7-18/h2-5,14H,6-10H2,1H3,(H,20,21,22). The quantitative estimate of drug-likeness (QED) is 0.913. The number of benzene rings is 1. The molecule has 4 nitrogen and oxygen atoms in total. The lowest BCUT2D eigenvalue weighted by molar-refractivity contribution is -0.118. The molecule has 126 valence electrons. The Hall–Kier alpha value is -1.79. The highest BCUT2D eigenvalue weighted by Gasteiger charge is 2.58. The maximum Gasteiger partial charge on any atom is 0.229 e. The molecule has 6 heteroatoms. The van der Waals surface area contributed by atoms with E-state index in [1.807, 2.05) is 6.92 Å². The van der Waals surface area contributed by atoms with E-state index in [0.29, 0.717) is 5.13 Å². The second-order valence-corrected chi connectivity index (χ2v) is 7.85. The van der Waals surface area contributed by atoms with E-state index in [-0.39, 0.29) is 23.1 Å². The molecule has 2 heterocycles. The van der Waals surface area contributed by atoms with Gasteiger partial charge < -0.3 is 10.1 Å². The van der Waals surface area contributed by atoms with Gasteiger partial charge in [-0.3, -0.25) is 4.79 Å². The van der Waals surface area contributed by atoms with Crippen LogP contribution >= 0.6 is 11.3 Å². The number of nitrogens with zero attached hydrogens (tertiary/aromatic N) is 1. The number of hydrogen-bond donors (Lipinski definition) is 1. The van der Waals surface area contributed by atoms with Crippen molar-refractivity contribution in [1.82, 2.24) is 4.98 Å². The van der Waals surface area contributed by atoms with E-state index in [4.69, 9.17) is 4.74 Å². The van der Waals surface area contributed by atoms with Crippen LogP contribution in [-0.2, 0) is 9.53 Å². The van der Waals surface area contributed by atoms with E-state index in [0.717, 1.165) is 48.6 Å². The summed E-state index contributed by atoms with van der Waals surface area (Å²) in [5, 5.41) is 3.59. The molecule has 1 saturated heterocycles. The largest absolute Gasteiger partial charge is 0.381 e. The number of amides is 1. The number of hydrogen-bond acceptors (Lipinski definition) is 4. The zero-order valence-electron chi connectivity index (χ0n) is 13.5. The number of thiazole rings is 1. The van der Waals surface area contributed by atoms with Crippen LogP contribution in [0.3, 0.4) is 0 Å². The molecule has 0 radical (unpaired) electrons. The number of ether oxygens (including phenoxy) is 1. The first-order valence-electron chi connectivity index (χ1n) is 8.19. The molecule has 1 aliphatic heterocycles. The molecule has 1 unspecified atom stereocenters. The summed E-state index contributed by atoms with van der Waals surface area (Å²) in [5.41, 5.74) is 1.82. The van der Waals surface area contributed by atoms with Gasteiger partial charge in [0, 0.05) is 29.6 Å². The summed E-state index contributed by atoms with van der Waals surface area (Å²) in [6.45, 7) is 3.48. The number of carbonyl (C=O) groups is 1. The van der Waals surface area contributed by atoms with Crippen molar-refractivity contribution in [2.24, 2.45) is 11.3 Å². The van der Waals surface area contributed by atoms with Crippen molar-refractivity contribution in [2.45, 2.75) is 26.2 Å². The van der Waals surface area contributed by atoms with E-state index < -0.39 is 0 Å². The van der Waals surface area contributed by atoms with Crippen molar-refractivity contribution in [3.63, 3.8) is 0 Å².